The average molecular weight is 405 g/mol. The monoisotopic (exact) mass is 405 g/mol. The van der Waals surface area contributed by atoms with Gasteiger partial charge in [0.2, 0.25) is 11.8 Å². The van der Waals surface area contributed by atoms with Gasteiger partial charge in [-0.3, -0.25) is 14.5 Å². The van der Waals surface area contributed by atoms with Gasteiger partial charge >= 0.3 is 0 Å². The third-order valence-electron chi connectivity index (χ3n) is 4.85. The van der Waals surface area contributed by atoms with Crippen molar-refractivity contribution in [1.82, 2.24) is 20.5 Å². The van der Waals surface area contributed by atoms with Gasteiger partial charge in [0, 0.05) is 17.5 Å². The van der Waals surface area contributed by atoms with Crippen LogP contribution >= 0.6 is 11.3 Å². The van der Waals surface area contributed by atoms with E-state index in [1.165, 1.54) is 17.4 Å². The molecule has 0 aliphatic carbocycles. The number of likely N-dealkylation sites (N-methyl/N-ethyl adjacent to an activating group) is 1. The van der Waals surface area contributed by atoms with Gasteiger partial charge in [0.15, 0.2) is 5.13 Å². The fourth-order valence-electron chi connectivity index (χ4n) is 3.30. The highest BCUT2D eigenvalue weighted by Gasteiger charge is 2.31. The van der Waals surface area contributed by atoms with Crippen molar-refractivity contribution in [2.24, 2.45) is 0 Å². The van der Waals surface area contributed by atoms with Gasteiger partial charge in [0.1, 0.15) is 11.9 Å². The van der Waals surface area contributed by atoms with E-state index < -0.39 is 11.9 Å². The Bertz CT molecular complexity index is 843. The summed E-state index contributed by atoms with van der Waals surface area (Å²) < 4.78 is 14.1. The summed E-state index contributed by atoms with van der Waals surface area (Å²) in [6.07, 6.45) is 3.35. The van der Waals surface area contributed by atoms with Crippen LogP contribution in [0.5, 0.6) is 0 Å². The normalized spacial score (nSPS) is 18.0. The molecule has 9 heteroatoms. The van der Waals surface area contributed by atoms with Gasteiger partial charge in [-0.2, -0.15) is 0 Å². The van der Waals surface area contributed by atoms with Gasteiger partial charge in [-0.15, -0.1) is 11.3 Å². The number of hydrogen-bond donors (Lipinski definition) is 3. The lowest BCUT2D eigenvalue weighted by Gasteiger charge is -2.23. The van der Waals surface area contributed by atoms with E-state index in [2.05, 4.69) is 15.6 Å². The number of hydrogen-bond acceptors (Lipinski definition) is 6. The molecule has 1 aliphatic heterocycles. The maximum absolute atomic E-state index is 14.1. The molecule has 4 N–H and O–H groups in total. The zero-order valence-corrected chi connectivity index (χ0v) is 16.5. The first-order valence-electron chi connectivity index (χ1n) is 9.16. The van der Waals surface area contributed by atoms with E-state index in [-0.39, 0.29) is 30.8 Å². The maximum atomic E-state index is 14.1. The molecule has 1 aromatic carbocycles. The van der Waals surface area contributed by atoms with E-state index in [1.807, 2.05) is 11.9 Å². The molecule has 0 spiro atoms. The smallest absolute Gasteiger partial charge is 0.243 e. The van der Waals surface area contributed by atoms with Gasteiger partial charge in [-0.1, -0.05) is 18.2 Å². The minimum atomic E-state index is -0.872. The van der Waals surface area contributed by atoms with Crippen LogP contribution in [-0.4, -0.2) is 47.4 Å². The van der Waals surface area contributed by atoms with Crippen LogP contribution in [0.3, 0.4) is 0 Å². The summed E-state index contributed by atoms with van der Waals surface area (Å²) in [5, 5.41) is 6.02. The van der Waals surface area contributed by atoms with Crippen LogP contribution in [-0.2, 0) is 22.6 Å². The number of nitrogens with zero attached hydrogens (tertiary/aromatic N) is 2. The number of nitrogen functional groups attached to an aromatic ring is 1. The third kappa shape index (κ3) is 5.05. The van der Waals surface area contributed by atoms with E-state index in [9.17, 15) is 14.0 Å². The quantitative estimate of drug-likeness (QED) is 0.645. The lowest BCUT2D eigenvalue weighted by Crippen LogP contribution is -2.52. The summed E-state index contributed by atoms with van der Waals surface area (Å²) in [5.74, 6) is -0.981. The van der Waals surface area contributed by atoms with Crippen molar-refractivity contribution in [1.29, 1.82) is 0 Å². The molecule has 0 radical (unpaired) electrons. The molecule has 1 aliphatic rings. The van der Waals surface area contributed by atoms with Crippen LogP contribution in [0.2, 0.25) is 0 Å². The molecule has 2 atom stereocenters. The van der Waals surface area contributed by atoms with E-state index >= 15 is 0 Å². The molecule has 1 fully saturated rings. The predicted octanol–water partition coefficient (Wildman–Crippen LogP) is 1.30. The zero-order valence-electron chi connectivity index (χ0n) is 15.7. The van der Waals surface area contributed by atoms with Crippen molar-refractivity contribution in [2.45, 2.75) is 37.9 Å². The second-order valence-electron chi connectivity index (χ2n) is 6.88. The Labute approximate surface area is 167 Å². The average Bonchev–Trinajstić information content (AvgIpc) is 3.28. The molecule has 0 saturated carbocycles. The Morgan fingerprint density at radius 2 is 2.21 bits per heavy atom. The highest BCUT2D eigenvalue weighted by molar-refractivity contribution is 7.15. The Morgan fingerprint density at radius 1 is 1.43 bits per heavy atom. The molecular weight excluding hydrogens is 381 g/mol. The highest BCUT2D eigenvalue weighted by Crippen LogP contribution is 2.17. The molecule has 0 bridgehead atoms. The molecule has 1 aromatic heterocycles. The molecule has 2 amide bonds. The van der Waals surface area contributed by atoms with Crippen LogP contribution in [0, 0.1) is 5.82 Å². The topological polar surface area (TPSA) is 100 Å². The lowest BCUT2D eigenvalue weighted by atomic mass is 10.0. The van der Waals surface area contributed by atoms with Crippen molar-refractivity contribution in [3.05, 3.63) is 46.7 Å². The van der Waals surface area contributed by atoms with Crippen molar-refractivity contribution < 1.29 is 14.0 Å². The second kappa shape index (κ2) is 9.11. The number of nitrogens with one attached hydrogen (secondary N) is 2. The number of nitrogens with two attached hydrogens (primary N) is 1. The summed E-state index contributed by atoms with van der Waals surface area (Å²) in [4.78, 5) is 32.2. The Morgan fingerprint density at radius 3 is 2.86 bits per heavy atom. The summed E-state index contributed by atoms with van der Waals surface area (Å²) in [7, 11) is 1.89. The van der Waals surface area contributed by atoms with Crippen molar-refractivity contribution in [2.75, 3.05) is 19.3 Å². The maximum Gasteiger partial charge on any atom is 0.243 e. The fourth-order valence-corrected chi connectivity index (χ4v) is 3.93. The molecular formula is C19H24FN5O2S. The molecule has 3 rings (SSSR count). The van der Waals surface area contributed by atoms with Gasteiger partial charge in [-0.25, -0.2) is 9.37 Å². The number of carbonyl (C=O) groups is 2. The van der Waals surface area contributed by atoms with Crippen LogP contribution in [0.25, 0.3) is 0 Å². The number of anilines is 1. The molecule has 2 aromatic rings. The van der Waals surface area contributed by atoms with Crippen molar-refractivity contribution in [3.63, 3.8) is 0 Å². The number of benzene rings is 1. The van der Waals surface area contributed by atoms with E-state index in [4.69, 9.17) is 5.73 Å². The standard InChI is InChI=1S/C19H24FN5O2S/c1-25-8-4-7-16(25)18(27)24-15(9-12-5-2-3-6-14(12)20)17(26)22-10-13-11-23-19(21)28-13/h2-3,5-6,11,15-16H,4,7-10H2,1H3,(H2,21,23)(H,22,26)(H,24,27)/t15-,16+/m0/s1. The number of halogens is 1. The van der Waals surface area contributed by atoms with Crippen molar-refractivity contribution in [3.8, 4) is 0 Å². The number of thiazole rings is 1. The number of likely N-dealkylation sites (tertiary alicyclic amines) is 1. The van der Waals surface area contributed by atoms with E-state index in [0.29, 0.717) is 10.7 Å². The summed E-state index contributed by atoms with van der Waals surface area (Å²) in [6, 6.07) is 5.12. The summed E-state index contributed by atoms with van der Waals surface area (Å²) >= 11 is 1.28. The number of rotatable bonds is 7. The molecule has 7 nitrogen and oxygen atoms in total. The van der Waals surface area contributed by atoms with Gasteiger partial charge in [0.05, 0.1) is 12.6 Å². The Hall–Kier alpha value is -2.52. The molecule has 2 heterocycles. The van der Waals surface area contributed by atoms with Crippen LogP contribution in [0.15, 0.2) is 30.5 Å². The minimum Gasteiger partial charge on any atom is -0.375 e. The van der Waals surface area contributed by atoms with E-state index in [1.54, 1.807) is 24.4 Å². The molecule has 150 valence electrons. The highest BCUT2D eigenvalue weighted by atomic mass is 32.1. The predicted molar refractivity (Wildman–Crippen MR) is 106 cm³/mol. The van der Waals surface area contributed by atoms with Crippen LogP contribution in [0.4, 0.5) is 9.52 Å². The summed E-state index contributed by atoms with van der Waals surface area (Å²) in [5.41, 5.74) is 5.98. The van der Waals surface area contributed by atoms with Crippen LogP contribution < -0.4 is 16.4 Å². The van der Waals surface area contributed by atoms with E-state index in [0.717, 1.165) is 24.3 Å². The lowest BCUT2D eigenvalue weighted by molar-refractivity contribution is -0.131. The minimum absolute atomic E-state index is 0.0749. The fraction of sp³-hybridized carbons (Fsp3) is 0.421. The first kappa shape index (κ1) is 20.2. The first-order chi connectivity index (χ1) is 13.4. The second-order valence-corrected chi connectivity index (χ2v) is 8.02. The molecule has 1 saturated heterocycles. The Kier molecular flexibility index (Phi) is 6.58. The SMILES string of the molecule is CN1CCC[C@@H]1C(=O)N[C@@H](Cc1ccccc1F)C(=O)NCc1cnc(N)s1. The van der Waals surface area contributed by atoms with Gasteiger partial charge in [0.25, 0.3) is 0 Å². The zero-order chi connectivity index (χ0) is 20.1. The van der Waals surface area contributed by atoms with Crippen LogP contribution in [0.1, 0.15) is 23.3 Å². The number of carbonyl (C=O) groups excluding carboxylic acids is 2. The molecule has 28 heavy (non-hydrogen) atoms. The van der Waals surface area contributed by atoms with Gasteiger partial charge < -0.3 is 16.4 Å². The number of aromatic nitrogens is 1. The summed E-state index contributed by atoms with van der Waals surface area (Å²) in [6.45, 7) is 1.09. The molecule has 0 unspecified atom stereocenters. The third-order valence-corrected chi connectivity index (χ3v) is 5.67. The Balaban J connectivity index is 1.70. The van der Waals surface area contributed by atoms with Gasteiger partial charge in [-0.05, 0) is 38.1 Å². The van der Waals surface area contributed by atoms with Crippen molar-refractivity contribution >= 4 is 28.3 Å². The first-order valence-corrected chi connectivity index (χ1v) is 9.97. The largest absolute Gasteiger partial charge is 0.375 e. The number of amides is 2.